The van der Waals surface area contributed by atoms with E-state index in [0.717, 1.165) is 54.2 Å². The molecule has 1 aliphatic rings. The van der Waals surface area contributed by atoms with E-state index < -0.39 is 0 Å². The molecule has 0 amide bonds. The van der Waals surface area contributed by atoms with Crippen LogP contribution in [0.5, 0.6) is 5.75 Å². The first-order valence-corrected chi connectivity index (χ1v) is 9.11. The number of nitrogens with one attached hydrogen (secondary N) is 1. The number of benzene rings is 1. The third-order valence-electron chi connectivity index (χ3n) is 4.97. The Balaban J connectivity index is 1.56. The largest absolute Gasteiger partial charge is 0.496 e. The van der Waals surface area contributed by atoms with E-state index in [0.29, 0.717) is 12.2 Å². The lowest BCUT2D eigenvalue weighted by Crippen LogP contribution is -2.26. The average Bonchev–Trinajstić information content (AvgIpc) is 2.92. The fourth-order valence-electron chi connectivity index (χ4n) is 3.53. The molecule has 138 valence electrons. The predicted octanol–water partition coefficient (Wildman–Crippen LogP) is 2.44. The number of nitrogens with zero attached hydrogens (tertiary/aromatic N) is 3. The summed E-state index contributed by atoms with van der Waals surface area (Å²) in [6.45, 7) is 2.47. The molecule has 0 bridgehead atoms. The minimum absolute atomic E-state index is 0.0435. The minimum Gasteiger partial charge on any atom is -0.496 e. The number of aromatic amines is 1. The Bertz CT molecular complexity index is 985. The van der Waals surface area contributed by atoms with E-state index in [1.807, 2.05) is 30.3 Å². The molecule has 0 atom stereocenters. The van der Waals surface area contributed by atoms with Gasteiger partial charge in [-0.2, -0.15) is 0 Å². The monoisotopic (exact) mass is 362 g/mol. The molecule has 27 heavy (non-hydrogen) atoms. The zero-order chi connectivity index (χ0) is 18.6. The van der Waals surface area contributed by atoms with Crippen molar-refractivity contribution < 1.29 is 4.74 Å². The van der Waals surface area contributed by atoms with Crippen LogP contribution in [0, 0.1) is 0 Å². The van der Waals surface area contributed by atoms with Crippen molar-refractivity contribution in [1.82, 2.24) is 19.9 Å². The number of ether oxygens (including phenoxy) is 1. The summed E-state index contributed by atoms with van der Waals surface area (Å²) in [6.07, 6.45) is 4.87. The Morgan fingerprint density at radius 1 is 1.15 bits per heavy atom. The van der Waals surface area contributed by atoms with E-state index in [1.165, 1.54) is 0 Å². The summed E-state index contributed by atoms with van der Waals surface area (Å²) in [5, 5.41) is 0. The third-order valence-corrected chi connectivity index (χ3v) is 4.97. The van der Waals surface area contributed by atoms with E-state index in [2.05, 4.69) is 20.9 Å². The highest BCUT2D eigenvalue weighted by Crippen LogP contribution is 2.21. The molecular formula is C21H22N4O2. The van der Waals surface area contributed by atoms with E-state index in [-0.39, 0.29) is 5.56 Å². The van der Waals surface area contributed by atoms with Gasteiger partial charge in [-0.1, -0.05) is 18.2 Å². The molecule has 0 spiro atoms. The van der Waals surface area contributed by atoms with Gasteiger partial charge in [0.15, 0.2) is 0 Å². The Morgan fingerprint density at radius 3 is 2.81 bits per heavy atom. The van der Waals surface area contributed by atoms with Crippen molar-refractivity contribution in [3.05, 3.63) is 76.0 Å². The Labute approximate surface area is 157 Å². The van der Waals surface area contributed by atoms with Gasteiger partial charge < -0.3 is 9.72 Å². The molecule has 1 aliphatic heterocycles. The number of methoxy groups -OCH3 is 1. The highest BCUT2D eigenvalue weighted by Gasteiger charge is 2.20. The average molecular weight is 362 g/mol. The number of hydrogen-bond acceptors (Lipinski definition) is 5. The van der Waals surface area contributed by atoms with Gasteiger partial charge in [-0.3, -0.25) is 14.7 Å². The molecule has 2 aromatic heterocycles. The van der Waals surface area contributed by atoms with E-state index >= 15 is 0 Å². The van der Waals surface area contributed by atoms with Gasteiger partial charge in [-0.05, 0) is 24.6 Å². The molecule has 0 fully saturated rings. The van der Waals surface area contributed by atoms with Crippen molar-refractivity contribution in [2.24, 2.45) is 0 Å². The fraction of sp³-hybridized carbons (Fsp3) is 0.286. The van der Waals surface area contributed by atoms with Crippen molar-refractivity contribution in [3.63, 3.8) is 0 Å². The summed E-state index contributed by atoms with van der Waals surface area (Å²) < 4.78 is 5.46. The van der Waals surface area contributed by atoms with E-state index in [4.69, 9.17) is 9.72 Å². The SMILES string of the molecule is COc1ccccc1CN1CCc2nc(-c3cccnc3)[nH]c(=O)c2CC1. The lowest BCUT2D eigenvalue weighted by atomic mass is 10.1. The molecule has 0 saturated carbocycles. The molecule has 0 saturated heterocycles. The van der Waals surface area contributed by atoms with Crippen molar-refractivity contribution in [2.45, 2.75) is 19.4 Å². The first-order valence-electron chi connectivity index (χ1n) is 9.11. The quantitative estimate of drug-likeness (QED) is 0.772. The van der Waals surface area contributed by atoms with Crippen LogP contribution in [-0.4, -0.2) is 40.1 Å². The second-order valence-corrected chi connectivity index (χ2v) is 6.67. The second kappa shape index (κ2) is 7.72. The summed E-state index contributed by atoms with van der Waals surface area (Å²) >= 11 is 0. The van der Waals surface area contributed by atoms with Crippen molar-refractivity contribution in [3.8, 4) is 17.1 Å². The molecule has 3 heterocycles. The summed E-state index contributed by atoms with van der Waals surface area (Å²) in [6, 6.07) is 11.8. The van der Waals surface area contributed by atoms with Crippen LogP contribution >= 0.6 is 0 Å². The van der Waals surface area contributed by atoms with Crippen LogP contribution in [0.15, 0.2) is 53.6 Å². The van der Waals surface area contributed by atoms with Crippen molar-refractivity contribution in [2.75, 3.05) is 20.2 Å². The number of hydrogen-bond donors (Lipinski definition) is 1. The lowest BCUT2D eigenvalue weighted by Gasteiger charge is -2.20. The fourth-order valence-corrected chi connectivity index (χ4v) is 3.53. The number of pyridine rings is 1. The maximum Gasteiger partial charge on any atom is 0.254 e. The number of fused-ring (bicyclic) bond motifs is 1. The van der Waals surface area contributed by atoms with Gasteiger partial charge in [-0.15, -0.1) is 0 Å². The molecule has 1 aromatic carbocycles. The van der Waals surface area contributed by atoms with Gasteiger partial charge >= 0.3 is 0 Å². The van der Waals surface area contributed by atoms with Gasteiger partial charge in [-0.25, -0.2) is 4.98 Å². The molecule has 0 radical (unpaired) electrons. The third kappa shape index (κ3) is 3.75. The summed E-state index contributed by atoms with van der Waals surface area (Å²) in [7, 11) is 1.69. The standard InChI is InChI=1S/C21H22N4O2/c1-27-19-7-3-2-5-16(19)14-25-11-8-17-18(9-12-25)23-20(24-21(17)26)15-6-4-10-22-13-15/h2-7,10,13H,8-9,11-12,14H2,1H3,(H,23,24,26). The van der Waals surface area contributed by atoms with Crippen LogP contribution in [0.1, 0.15) is 16.8 Å². The zero-order valence-corrected chi connectivity index (χ0v) is 15.3. The summed E-state index contributed by atoms with van der Waals surface area (Å²) in [5.41, 5.74) is 3.62. The lowest BCUT2D eigenvalue weighted by molar-refractivity contribution is 0.273. The topological polar surface area (TPSA) is 71.1 Å². The van der Waals surface area contributed by atoms with Gasteiger partial charge in [0.25, 0.3) is 5.56 Å². The Hall–Kier alpha value is -2.99. The molecule has 0 unspecified atom stereocenters. The predicted molar refractivity (Wildman–Crippen MR) is 104 cm³/mol. The van der Waals surface area contributed by atoms with Crippen LogP contribution in [0.25, 0.3) is 11.4 Å². The van der Waals surface area contributed by atoms with Gasteiger partial charge in [0.05, 0.1) is 12.8 Å². The Morgan fingerprint density at radius 2 is 2.00 bits per heavy atom. The first kappa shape index (κ1) is 17.4. The molecule has 0 aliphatic carbocycles. The second-order valence-electron chi connectivity index (χ2n) is 6.67. The first-order chi connectivity index (χ1) is 13.2. The minimum atomic E-state index is -0.0435. The maximum atomic E-state index is 12.6. The molecule has 6 nitrogen and oxygen atoms in total. The Kier molecular flexibility index (Phi) is 4.98. The number of para-hydroxylation sites is 1. The van der Waals surface area contributed by atoms with E-state index in [9.17, 15) is 4.79 Å². The van der Waals surface area contributed by atoms with Gasteiger partial charge in [0, 0.05) is 55.1 Å². The highest BCUT2D eigenvalue weighted by molar-refractivity contribution is 5.53. The molecule has 6 heteroatoms. The van der Waals surface area contributed by atoms with Gasteiger partial charge in [0.2, 0.25) is 0 Å². The van der Waals surface area contributed by atoms with Crippen LogP contribution in [0.4, 0.5) is 0 Å². The van der Waals surface area contributed by atoms with Gasteiger partial charge in [0.1, 0.15) is 11.6 Å². The summed E-state index contributed by atoms with van der Waals surface area (Å²) in [4.78, 5) is 26.7. The summed E-state index contributed by atoms with van der Waals surface area (Å²) in [5.74, 6) is 1.49. The molecule has 3 aromatic rings. The number of aromatic nitrogens is 3. The molecule has 4 rings (SSSR count). The number of rotatable bonds is 4. The highest BCUT2D eigenvalue weighted by atomic mass is 16.5. The van der Waals surface area contributed by atoms with Crippen LogP contribution in [-0.2, 0) is 19.4 Å². The molecular weight excluding hydrogens is 340 g/mol. The van der Waals surface area contributed by atoms with Crippen molar-refractivity contribution >= 4 is 0 Å². The maximum absolute atomic E-state index is 12.6. The molecule has 1 N–H and O–H groups in total. The zero-order valence-electron chi connectivity index (χ0n) is 15.3. The van der Waals surface area contributed by atoms with Crippen molar-refractivity contribution in [1.29, 1.82) is 0 Å². The van der Waals surface area contributed by atoms with Crippen LogP contribution < -0.4 is 10.3 Å². The van der Waals surface area contributed by atoms with Crippen LogP contribution in [0.2, 0.25) is 0 Å². The van der Waals surface area contributed by atoms with E-state index in [1.54, 1.807) is 19.5 Å². The smallest absolute Gasteiger partial charge is 0.254 e. The normalized spacial score (nSPS) is 14.4. The number of H-pyrrole nitrogens is 1. The van der Waals surface area contributed by atoms with Crippen LogP contribution in [0.3, 0.4) is 0 Å².